The molecule has 1 amide bonds. The summed E-state index contributed by atoms with van der Waals surface area (Å²) in [5.74, 6) is 0.0375. The number of piperazine rings is 1. The van der Waals surface area contributed by atoms with Crippen molar-refractivity contribution in [1.29, 1.82) is 0 Å². The van der Waals surface area contributed by atoms with Crippen LogP contribution < -0.4 is 0 Å². The van der Waals surface area contributed by atoms with E-state index in [9.17, 15) is 9.59 Å². The van der Waals surface area contributed by atoms with Crippen molar-refractivity contribution in [2.24, 2.45) is 5.92 Å². The Morgan fingerprint density at radius 2 is 2.00 bits per heavy atom. The van der Waals surface area contributed by atoms with E-state index in [-0.39, 0.29) is 24.7 Å². The van der Waals surface area contributed by atoms with E-state index in [0.717, 1.165) is 38.3 Å². The summed E-state index contributed by atoms with van der Waals surface area (Å²) in [6, 6.07) is 2.14. The van der Waals surface area contributed by atoms with E-state index in [1.807, 2.05) is 11.8 Å². The summed E-state index contributed by atoms with van der Waals surface area (Å²) in [5, 5.41) is 13.0. The highest BCUT2D eigenvalue weighted by molar-refractivity contribution is 5.78. The van der Waals surface area contributed by atoms with E-state index < -0.39 is 5.97 Å². The summed E-state index contributed by atoms with van der Waals surface area (Å²) in [5.41, 5.74) is 0.769. The molecule has 3 heterocycles. The number of aryl methyl sites for hydroxylation is 1. The maximum Gasteiger partial charge on any atom is 0.303 e. The van der Waals surface area contributed by atoms with Gasteiger partial charge in [0.15, 0.2) is 0 Å². The van der Waals surface area contributed by atoms with Crippen molar-refractivity contribution in [1.82, 2.24) is 19.9 Å². The third-order valence-corrected chi connectivity index (χ3v) is 5.78. The molecule has 2 aliphatic heterocycles. The minimum absolute atomic E-state index is 0.0308. The molecule has 0 saturated carbocycles. The molecule has 0 bridgehead atoms. The van der Waals surface area contributed by atoms with Gasteiger partial charge in [-0.25, -0.2) is 0 Å². The molecule has 2 fully saturated rings. The molecule has 27 heavy (non-hydrogen) atoms. The van der Waals surface area contributed by atoms with Crippen LogP contribution in [0.1, 0.15) is 30.7 Å². The van der Waals surface area contributed by atoms with Gasteiger partial charge in [-0.15, -0.1) is 0 Å². The standard InChI is InChI=1S/C19H30N4O4/c1-14-11-16(27-20-14)12-18(24)23-6-5-17(15(13-23)3-4-19(25)26)22-9-7-21(2)8-10-22/h11,15,17H,3-10,12-13H2,1-2H3,(H,25,26)/t15-,17+/m0/s1. The van der Waals surface area contributed by atoms with Crippen molar-refractivity contribution < 1.29 is 19.2 Å². The van der Waals surface area contributed by atoms with E-state index in [0.29, 0.717) is 31.3 Å². The third-order valence-electron chi connectivity index (χ3n) is 5.78. The Balaban J connectivity index is 1.62. The molecule has 1 aromatic rings. The molecule has 0 aromatic carbocycles. The van der Waals surface area contributed by atoms with Gasteiger partial charge in [0.1, 0.15) is 5.76 Å². The molecular formula is C19H30N4O4. The van der Waals surface area contributed by atoms with Crippen molar-refractivity contribution >= 4 is 11.9 Å². The number of rotatable bonds is 6. The van der Waals surface area contributed by atoms with E-state index in [2.05, 4.69) is 22.0 Å². The minimum atomic E-state index is -0.771. The number of aliphatic carboxylic acids is 1. The molecule has 8 nitrogen and oxygen atoms in total. The minimum Gasteiger partial charge on any atom is -0.481 e. The number of carboxylic acids is 1. The number of amides is 1. The van der Waals surface area contributed by atoms with Crippen LogP contribution in [-0.4, -0.2) is 89.2 Å². The zero-order chi connectivity index (χ0) is 19.4. The van der Waals surface area contributed by atoms with Crippen LogP contribution >= 0.6 is 0 Å². The van der Waals surface area contributed by atoms with Gasteiger partial charge in [0, 0.05) is 57.8 Å². The molecule has 150 valence electrons. The lowest BCUT2D eigenvalue weighted by Gasteiger charge is -2.46. The van der Waals surface area contributed by atoms with Crippen LogP contribution in [0.4, 0.5) is 0 Å². The van der Waals surface area contributed by atoms with E-state index in [1.165, 1.54) is 0 Å². The Kier molecular flexibility index (Phi) is 6.49. The average Bonchev–Trinajstić information content (AvgIpc) is 3.05. The highest BCUT2D eigenvalue weighted by atomic mass is 16.5. The van der Waals surface area contributed by atoms with Gasteiger partial charge in [-0.3, -0.25) is 14.5 Å². The summed E-state index contributed by atoms with van der Waals surface area (Å²) < 4.78 is 5.17. The van der Waals surface area contributed by atoms with Crippen LogP contribution in [0, 0.1) is 12.8 Å². The first-order valence-electron chi connectivity index (χ1n) is 9.76. The smallest absolute Gasteiger partial charge is 0.303 e. The Bertz CT molecular complexity index is 654. The van der Waals surface area contributed by atoms with E-state index in [1.54, 1.807) is 6.07 Å². The van der Waals surface area contributed by atoms with Gasteiger partial charge >= 0.3 is 5.97 Å². The number of nitrogens with zero attached hydrogens (tertiary/aromatic N) is 4. The third kappa shape index (κ3) is 5.29. The zero-order valence-corrected chi connectivity index (χ0v) is 16.3. The maximum absolute atomic E-state index is 12.7. The fourth-order valence-corrected chi connectivity index (χ4v) is 4.23. The average molecular weight is 378 g/mol. The quantitative estimate of drug-likeness (QED) is 0.785. The van der Waals surface area contributed by atoms with Crippen LogP contribution in [-0.2, 0) is 16.0 Å². The highest BCUT2D eigenvalue weighted by Gasteiger charge is 2.36. The summed E-state index contributed by atoms with van der Waals surface area (Å²) in [6.45, 7) is 7.26. The normalized spacial score (nSPS) is 24.9. The van der Waals surface area contributed by atoms with Crippen LogP contribution in [0.15, 0.2) is 10.6 Å². The van der Waals surface area contributed by atoms with Gasteiger partial charge in [0.05, 0.1) is 12.1 Å². The number of carbonyl (C=O) groups is 2. The number of aromatic nitrogens is 1. The number of hydrogen-bond acceptors (Lipinski definition) is 6. The molecule has 2 saturated heterocycles. The van der Waals surface area contributed by atoms with Crippen molar-refractivity contribution in [2.75, 3.05) is 46.3 Å². The summed E-state index contributed by atoms with van der Waals surface area (Å²) >= 11 is 0. The molecule has 0 radical (unpaired) electrons. The first-order chi connectivity index (χ1) is 12.9. The molecule has 0 spiro atoms. The predicted molar refractivity (Wildman–Crippen MR) is 99.4 cm³/mol. The molecule has 3 rings (SSSR count). The molecule has 1 N–H and O–H groups in total. The highest BCUT2D eigenvalue weighted by Crippen LogP contribution is 2.27. The second kappa shape index (κ2) is 8.84. The van der Waals surface area contributed by atoms with E-state index in [4.69, 9.17) is 9.63 Å². The van der Waals surface area contributed by atoms with Gasteiger partial charge in [0.2, 0.25) is 5.91 Å². The molecule has 0 aliphatic carbocycles. The van der Waals surface area contributed by atoms with Crippen molar-refractivity contribution in [3.8, 4) is 0 Å². The second-order valence-electron chi connectivity index (χ2n) is 7.84. The molecule has 2 aliphatic rings. The zero-order valence-electron chi connectivity index (χ0n) is 16.3. The lowest BCUT2D eigenvalue weighted by Crippen LogP contribution is -2.57. The lowest BCUT2D eigenvalue weighted by molar-refractivity contribution is -0.137. The second-order valence-corrected chi connectivity index (χ2v) is 7.84. The number of carbonyl (C=O) groups excluding carboxylic acids is 1. The summed E-state index contributed by atoms with van der Waals surface area (Å²) in [4.78, 5) is 30.5. The Morgan fingerprint density at radius 3 is 2.63 bits per heavy atom. The van der Waals surface area contributed by atoms with Crippen LogP contribution in [0.2, 0.25) is 0 Å². The number of piperidine rings is 1. The maximum atomic E-state index is 12.7. The van der Waals surface area contributed by atoms with Gasteiger partial charge in [-0.05, 0) is 32.7 Å². The molecule has 1 aromatic heterocycles. The Hall–Kier alpha value is -1.93. The molecule has 2 atom stereocenters. The number of likely N-dealkylation sites (N-methyl/N-ethyl adjacent to an activating group) is 1. The monoisotopic (exact) mass is 378 g/mol. The molecular weight excluding hydrogens is 348 g/mol. The number of hydrogen-bond donors (Lipinski definition) is 1. The van der Waals surface area contributed by atoms with Gasteiger partial charge < -0.3 is 19.4 Å². The van der Waals surface area contributed by atoms with Gasteiger partial charge in [0.25, 0.3) is 0 Å². The molecule has 0 unspecified atom stereocenters. The summed E-state index contributed by atoms with van der Waals surface area (Å²) in [7, 11) is 2.13. The first kappa shape index (κ1) is 19.8. The Labute approximate surface area is 160 Å². The first-order valence-corrected chi connectivity index (χ1v) is 9.76. The van der Waals surface area contributed by atoms with Crippen molar-refractivity contribution in [2.45, 2.75) is 38.6 Å². The van der Waals surface area contributed by atoms with Crippen LogP contribution in [0.25, 0.3) is 0 Å². The van der Waals surface area contributed by atoms with E-state index >= 15 is 0 Å². The lowest BCUT2D eigenvalue weighted by atomic mass is 9.86. The van der Waals surface area contributed by atoms with Crippen molar-refractivity contribution in [3.63, 3.8) is 0 Å². The Morgan fingerprint density at radius 1 is 1.26 bits per heavy atom. The van der Waals surface area contributed by atoms with Crippen LogP contribution in [0.3, 0.4) is 0 Å². The van der Waals surface area contributed by atoms with Crippen LogP contribution in [0.5, 0.6) is 0 Å². The summed E-state index contributed by atoms with van der Waals surface area (Å²) in [6.07, 6.45) is 1.87. The van der Waals surface area contributed by atoms with Gasteiger partial charge in [-0.2, -0.15) is 0 Å². The van der Waals surface area contributed by atoms with Gasteiger partial charge in [-0.1, -0.05) is 5.16 Å². The topological polar surface area (TPSA) is 90.1 Å². The van der Waals surface area contributed by atoms with Crippen molar-refractivity contribution in [3.05, 3.63) is 17.5 Å². The molecule has 8 heteroatoms. The fraction of sp³-hybridized carbons (Fsp3) is 0.737. The largest absolute Gasteiger partial charge is 0.481 e. The SMILES string of the molecule is Cc1cc(CC(=O)N2CC[C@@H](N3CCN(C)CC3)[C@@H](CCC(=O)O)C2)on1. The fourth-order valence-electron chi connectivity index (χ4n) is 4.23. The number of carboxylic acid groups (broad SMARTS) is 1. The predicted octanol–water partition coefficient (Wildman–Crippen LogP) is 0.855. The number of likely N-dealkylation sites (tertiary alicyclic amines) is 1.